The fraction of sp³-hybridized carbons (Fsp3) is 0.632. The molecule has 1 fully saturated rings. The molecule has 1 saturated carbocycles. The Labute approximate surface area is 147 Å². The Bertz CT molecular complexity index is 845. The minimum absolute atomic E-state index is 0.0201. The van der Waals surface area contributed by atoms with Gasteiger partial charge in [0.05, 0.1) is 5.69 Å². The summed E-state index contributed by atoms with van der Waals surface area (Å²) in [6.07, 6.45) is 13.4. The SMILES string of the molecule is CN(C(=O)Cn1ccn2nc3c(c2c1=O)CCCC3)C1CCCCC1. The average molecular weight is 342 g/mol. The zero-order chi connectivity index (χ0) is 17.4. The number of aromatic nitrogens is 3. The van der Waals surface area contributed by atoms with E-state index in [1.807, 2.05) is 18.1 Å². The number of rotatable bonds is 3. The zero-order valence-corrected chi connectivity index (χ0v) is 14.9. The van der Waals surface area contributed by atoms with Crippen LogP contribution < -0.4 is 5.56 Å². The van der Waals surface area contributed by atoms with Crippen molar-refractivity contribution in [3.63, 3.8) is 0 Å². The van der Waals surface area contributed by atoms with Crippen molar-refractivity contribution in [2.45, 2.75) is 70.4 Å². The number of amides is 1. The van der Waals surface area contributed by atoms with Crippen LogP contribution >= 0.6 is 0 Å². The molecular formula is C19H26N4O2. The van der Waals surface area contributed by atoms with Crippen LogP contribution in [0, 0.1) is 0 Å². The van der Waals surface area contributed by atoms with Crippen molar-refractivity contribution in [3.05, 3.63) is 34.0 Å². The highest BCUT2D eigenvalue weighted by molar-refractivity contribution is 5.76. The van der Waals surface area contributed by atoms with Gasteiger partial charge in [0.25, 0.3) is 5.56 Å². The quantitative estimate of drug-likeness (QED) is 0.859. The van der Waals surface area contributed by atoms with E-state index in [4.69, 9.17) is 0 Å². The van der Waals surface area contributed by atoms with Gasteiger partial charge in [-0.15, -0.1) is 0 Å². The van der Waals surface area contributed by atoms with Gasteiger partial charge in [-0.3, -0.25) is 9.59 Å². The van der Waals surface area contributed by atoms with Crippen molar-refractivity contribution in [1.29, 1.82) is 0 Å². The van der Waals surface area contributed by atoms with Crippen LogP contribution in [-0.4, -0.2) is 38.1 Å². The third kappa shape index (κ3) is 2.98. The summed E-state index contributed by atoms with van der Waals surface area (Å²) in [5.74, 6) is 0.0201. The van der Waals surface area contributed by atoms with Gasteiger partial charge < -0.3 is 9.47 Å². The largest absolute Gasteiger partial charge is 0.341 e. The monoisotopic (exact) mass is 342 g/mol. The minimum Gasteiger partial charge on any atom is -0.341 e. The summed E-state index contributed by atoms with van der Waals surface area (Å²) in [7, 11) is 1.88. The lowest BCUT2D eigenvalue weighted by molar-refractivity contribution is -0.133. The van der Waals surface area contributed by atoms with Crippen LogP contribution in [0.25, 0.3) is 5.52 Å². The van der Waals surface area contributed by atoms with E-state index in [-0.39, 0.29) is 18.0 Å². The molecule has 0 bridgehead atoms. The normalized spacial score (nSPS) is 18.3. The van der Waals surface area contributed by atoms with Gasteiger partial charge >= 0.3 is 0 Å². The van der Waals surface area contributed by atoms with E-state index < -0.39 is 0 Å². The smallest absolute Gasteiger partial charge is 0.277 e. The van der Waals surface area contributed by atoms with Gasteiger partial charge in [-0.1, -0.05) is 19.3 Å². The number of carbonyl (C=O) groups is 1. The topological polar surface area (TPSA) is 59.6 Å². The van der Waals surface area contributed by atoms with Gasteiger partial charge in [-0.2, -0.15) is 5.10 Å². The number of likely N-dealkylation sites (N-methyl/N-ethyl adjacent to an activating group) is 1. The summed E-state index contributed by atoms with van der Waals surface area (Å²) in [6.45, 7) is 0.113. The molecule has 0 aliphatic heterocycles. The van der Waals surface area contributed by atoms with E-state index in [1.165, 1.54) is 19.3 Å². The maximum Gasteiger partial charge on any atom is 0.277 e. The second kappa shape index (κ2) is 6.65. The number of fused-ring (bicyclic) bond motifs is 3. The van der Waals surface area contributed by atoms with Gasteiger partial charge in [0.1, 0.15) is 12.1 Å². The molecule has 0 atom stereocenters. The van der Waals surface area contributed by atoms with Crippen molar-refractivity contribution in [1.82, 2.24) is 19.1 Å². The Morgan fingerprint density at radius 3 is 2.72 bits per heavy atom. The average Bonchev–Trinajstić information content (AvgIpc) is 3.03. The molecule has 2 aliphatic carbocycles. The molecule has 2 aliphatic rings. The molecule has 6 heteroatoms. The molecule has 0 unspecified atom stereocenters. The second-order valence-corrected chi connectivity index (χ2v) is 7.45. The first-order valence-corrected chi connectivity index (χ1v) is 9.50. The predicted molar refractivity (Wildman–Crippen MR) is 95.7 cm³/mol. The highest BCUT2D eigenvalue weighted by atomic mass is 16.2. The molecule has 6 nitrogen and oxygen atoms in total. The number of carbonyl (C=O) groups excluding carboxylic acids is 1. The van der Waals surface area contributed by atoms with E-state index in [2.05, 4.69) is 5.10 Å². The van der Waals surface area contributed by atoms with Crippen molar-refractivity contribution in [3.8, 4) is 0 Å². The summed E-state index contributed by atoms with van der Waals surface area (Å²) in [6, 6.07) is 0.323. The minimum atomic E-state index is -0.0939. The van der Waals surface area contributed by atoms with Crippen LogP contribution in [0.5, 0.6) is 0 Å². The van der Waals surface area contributed by atoms with Crippen molar-refractivity contribution < 1.29 is 4.79 Å². The zero-order valence-electron chi connectivity index (χ0n) is 14.9. The lowest BCUT2D eigenvalue weighted by Gasteiger charge is -2.31. The summed E-state index contributed by atoms with van der Waals surface area (Å²) in [5, 5.41) is 4.55. The van der Waals surface area contributed by atoms with Gasteiger partial charge in [0, 0.05) is 31.0 Å². The summed E-state index contributed by atoms with van der Waals surface area (Å²) in [5.41, 5.74) is 2.69. The van der Waals surface area contributed by atoms with Crippen LogP contribution in [0.4, 0.5) is 0 Å². The first-order valence-electron chi connectivity index (χ1n) is 9.50. The molecule has 2 heterocycles. The van der Waals surface area contributed by atoms with Crippen molar-refractivity contribution in [2.24, 2.45) is 0 Å². The first kappa shape index (κ1) is 16.4. The van der Waals surface area contributed by atoms with Gasteiger partial charge in [-0.05, 0) is 38.5 Å². The van der Waals surface area contributed by atoms with Gasteiger partial charge in [-0.25, -0.2) is 4.52 Å². The molecule has 0 saturated heterocycles. The number of aryl methyl sites for hydroxylation is 2. The Balaban J connectivity index is 1.60. The third-order valence-corrected chi connectivity index (χ3v) is 5.85. The molecule has 134 valence electrons. The molecule has 4 rings (SSSR count). The standard InChI is InChI=1S/C19H26N4O2/c1-21(14-7-3-2-4-8-14)17(24)13-22-11-12-23-18(19(22)25)15-9-5-6-10-16(15)20-23/h11-12,14H,2-10,13H2,1H3. The predicted octanol–water partition coefficient (Wildman–Crippen LogP) is 2.17. The molecule has 2 aromatic heterocycles. The fourth-order valence-electron chi connectivity index (χ4n) is 4.31. The van der Waals surface area contributed by atoms with Crippen LogP contribution in [0.2, 0.25) is 0 Å². The fourth-order valence-corrected chi connectivity index (χ4v) is 4.31. The molecule has 2 aromatic rings. The summed E-state index contributed by atoms with van der Waals surface area (Å²) in [4.78, 5) is 27.4. The van der Waals surface area contributed by atoms with Crippen molar-refractivity contribution in [2.75, 3.05) is 7.05 Å². The maximum absolute atomic E-state index is 12.9. The maximum atomic E-state index is 12.9. The van der Waals surface area contributed by atoms with Crippen LogP contribution in [-0.2, 0) is 24.2 Å². The number of nitrogens with zero attached hydrogens (tertiary/aromatic N) is 4. The van der Waals surface area contributed by atoms with Gasteiger partial charge in [0.2, 0.25) is 5.91 Å². The lowest BCUT2D eigenvalue weighted by atomic mass is 9.94. The van der Waals surface area contributed by atoms with Gasteiger partial charge in [0.15, 0.2) is 0 Å². The van der Waals surface area contributed by atoms with E-state index in [0.717, 1.165) is 49.8 Å². The Hall–Kier alpha value is -2.11. The second-order valence-electron chi connectivity index (χ2n) is 7.45. The lowest BCUT2D eigenvalue weighted by Crippen LogP contribution is -2.41. The summed E-state index contributed by atoms with van der Waals surface area (Å²) < 4.78 is 3.25. The molecule has 0 radical (unpaired) electrons. The first-order chi connectivity index (χ1) is 12.1. The molecule has 0 N–H and O–H groups in total. The van der Waals surface area contributed by atoms with Crippen molar-refractivity contribution >= 4 is 11.4 Å². The Morgan fingerprint density at radius 1 is 1.16 bits per heavy atom. The number of hydrogen-bond donors (Lipinski definition) is 0. The summed E-state index contributed by atoms with van der Waals surface area (Å²) >= 11 is 0. The Kier molecular flexibility index (Phi) is 4.36. The number of hydrogen-bond acceptors (Lipinski definition) is 3. The molecule has 0 spiro atoms. The Morgan fingerprint density at radius 2 is 1.92 bits per heavy atom. The third-order valence-electron chi connectivity index (χ3n) is 5.85. The van der Waals surface area contributed by atoms with E-state index in [9.17, 15) is 9.59 Å². The van der Waals surface area contributed by atoms with E-state index in [0.29, 0.717) is 11.6 Å². The highest BCUT2D eigenvalue weighted by Gasteiger charge is 2.24. The van der Waals surface area contributed by atoms with Crippen LogP contribution in [0.3, 0.4) is 0 Å². The van der Waals surface area contributed by atoms with E-state index in [1.54, 1.807) is 15.3 Å². The molecular weight excluding hydrogens is 316 g/mol. The van der Waals surface area contributed by atoms with Crippen LogP contribution in [0.15, 0.2) is 17.2 Å². The molecule has 25 heavy (non-hydrogen) atoms. The van der Waals surface area contributed by atoms with Crippen LogP contribution in [0.1, 0.15) is 56.2 Å². The van der Waals surface area contributed by atoms with E-state index >= 15 is 0 Å². The molecule has 0 aromatic carbocycles. The highest BCUT2D eigenvalue weighted by Crippen LogP contribution is 2.23. The molecule has 1 amide bonds.